The number of hydrogen-bond donors (Lipinski definition) is 2. The first kappa shape index (κ1) is 15.4. The van der Waals surface area contributed by atoms with Gasteiger partial charge in [0.05, 0.1) is 0 Å². The number of anilines is 1. The standard InChI is InChI=1S/C16H23N3O2/c1-16(2)10-4-5-13(16)15(20)19(3)12-8-6-11(7-9-12)14(17)18-21/h6-9,13,21H,4-5,10H2,1-3H3,(H2,17,18). The zero-order valence-electron chi connectivity index (χ0n) is 12.8. The van der Waals surface area contributed by atoms with Gasteiger partial charge in [0, 0.05) is 24.2 Å². The quantitative estimate of drug-likeness (QED) is 0.388. The summed E-state index contributed by atoms with van der Waals surface area (Å²) in [6.07, 6.45) is 3.16. The summed E-state index contributed by atoms with van der Waals surface area (Å²) in [6, 6.07) is 7.11. The third-order valence-electron chi connectivity index (χ3n) is 4.54. The molecule has 114 valence electrons. The highest BCUT2D eigenvalue weighted by molar-refractivity contribution is 5.98. The van der Waals surface area contributed by atoms with E-state index in [1.54, 1.807) is 24.1 Å². The molecule has 0 aromatic heterocycles. The van der Waals surface area contributed by atoms with Crippen LogP contribution in [0.3, 0.4) is 0 Å². The Labute approximate surface area is 125 Å². The fourth-order valence-electron chi connectivity index (χ4n) is 3.06. The number of hydrogen-bond acceptors (Lipinski definition) is 3. The van der Waals surface area contributed by atoms with E-state index in [0.717, 1.165) is 24.9 Å². The van der Waals surface area contributed by atoms with E-state index in [-0.39, 0.29) is 23.1 Å². The first-order valence-corrected chi connectivity index (χ1v) is 7.22. The van der Waals surface area contributed by atoms with Gasteiger partial charge in [-0.25, -0.2) is 0 Å². The smallest absolute Gasteiger partial charge is 0.230 e. The SMILES string of the molecule is CN(C(=O)C1CCCC1(C)C)c1ccc(/C(N)=N/O)cc1. The molecule has 1 saturated carbocycles. The number of amidine groups is 1. The number of nitrogens with zero attached hydrogens (tertiary/aromatic N) is 2. The maximum Gasteiger partial charge on any atom is 0.230 e. The Balaban J connectivity index is 2.16. The zero-order chi connectivity index (χ0) is 15.6. The molecule has 1 unspecified atom stereocenters. The summed E-state index contributed by atoms with van der Waals surface area (Å²) in [5, 5.41) is 11.6. The van der Waals surface area contributed by atoms with Gasteiger partial charge in [-0.2, -0.15) is 0 Å². The van der Waals surface area contributed by atoms with Crippen molar-refractivity contribution in [3.63, 3.8) is 0 Å². The van der Waals surface area contributed by atoms with Crippen molar-refractivity contribution in [3.8, 4) is 0 Å². The molecule has 0 bridgehead atoms. The lowest BCUT2D eigenvalue weighted by Gasteiger charge is -2.30. The van der Waals surface area contributed by atoms with Crippen LogP contribution in [0.15, 0.2) is 29.4 Å². The molecule has 0 aliphatic heterocycles. The summed E-state index contributed by atoms with van der Waals surface area (Å²) in [5.74, 6) is 0.299. The van der Waals surface area contributed by atoms with Gasteiger partial charge < -0.3 is 15.8 Å². The van der Waals surface area contributed by atoms with Gasteiger partial charge in [0.1, 0.15) is 0 Å². The van der Waals surface area contributed by atoms with E-state index >= 15 is 0 Å². The molecule has 2 rings (SSSR count). The maximum absolute atomic E-state index is 12.7. The predicted octanol–water partition coefficient (Wildman–Crippen LogP) is 2.57. The second-order valence-corrected chi connectivity index (χ2v) is 6.36. The van der Waals surface area contributed by atoms with E-state index in [9.17, 15) is 4.79 Å². The molecule has 0 heterocycles. The van der Waals surface area contributed by atoms with E-state index in [2.05, 4.69) is 19.0 Å². The summed E-state index contributed by atoms with van der Waals surface area (Å²) in [5.41, 5.74) is 7.05. The maximum atomic E-state index is 12.7. The summed E-state index contributed by atoms with van der Waals surface area (Å²) >= 11 is 0. The van der Waals surface area contributed by atoms with Crippen molar-refractivity contribution in [1.29, 1.82) is 0 Å². The Morgan fingerprint density at radius 1 is 1.38 bits per heavy atom. The topological polar surface area (TPSA) is 78.9 Å². The van der Waals surface area contributed by atoms with Crippen LogP contribution in [0.5, 0.6) is 0 Å². The number of carbonyl (C=O) groups excluding carboxylic acids is 1. The van der Waals surface area contributed by atoms with Gasteiger partial charge in [0.2, 0.25) is 5.91 Å². The Bertz CT molecular complexity index is 549. The average Bonchev–Trinajstić information content (AvgIpc) is 2.84. The molecular formula is C16H23N3O2. The lowest BCUT2D eigenvalue weighted by Crippen LogP contribution is -2.37. The van der Waals surface area contributed by atoms with Crippen LogP contribution in [0.1, 0.15) is 38.7 Å². The molecule has 5 heteroatoms. The molecule has 1 atom stereocenters. The highest BCUT2D eigenvalue weighted by Crippen LogP contribution is 2.43. The Kier molecular flexibility index (Phi) is 4.21. The largest absolute Gasteiger partial charge is 0.409 e. The van der Waals surface area contributed by atoms with Crippen molar-refractivity contribution in [2.24, 2.45) is 22.2 Å². The normalized spacial score (nSPS) is 21.3. The molecule has 21 heavy (non-hydrogen) atoms. The predicted molar refractivity (Wildman–Crippen MR) is 83.5 cm³/mol. The third-order valence-corrected chi connectivity index (χ3v) is 4.54. The number of oxime groups is 1. The van der Waals surface area contributed by atoms with E-state index in [0.29, 0.717) is 5.56 Å². The Hall–Kier alpha value is -2.04. The van der Waals surface area contributed by atoms with Crippen LogP contribution >= 0.6 is 0 Å². The third kappa shape index (κ3) is 3.01. The first-order chi connectivity index (χ1) is 9.86. The molecule has 1 aromatic carbocycles. The number of rotatable bonds is 3. The van der Waals surface area contributed by atoms with Gasteiger partial charge in [0.25, 0.3) is 0 Å². The number of nitrogens with two attached hydrogens (primary N) is 1. The van der Waals surface area contributed by atoms with Crippen LogP contribution < -0.4 is 10.6 Å². The van der Waals surface area contributed by atoms with Crippen molar-refractivity contribution in [1.82, 2.24) is 0 Å². The Morgan fingerprint density at radius 2 is 2.00 bits per heavy atom. The molecule has 0 saturated heterocycles. The summed E-state index contributed by atoms with van der Waals surface area (Å²) in [6.45, 7) is 4.33. The van der Waals surface area contributed by atoms with Gasteiger partial charge in [0.15, 0.2) is 5.84 Å². The molecule has 1 amide bonds. The van der Waals surface area contributed by atoms with E-state index in [1.165, 1.54) is 0 Å². The van der Waals surface area contributed by atoms with Gasteiger partial charge in [-0.1, -0.05) is 25.4 Å². The second-order valence-electron chi connectivity index (χ2n) is 6.36. The highest BCUT2D eigenvalue weighted by atomic mass is 16.4. The van der Waals surface area contributed by atoms with Crippen LogP contribution in [0, 0.1) is 11.3 Å². The van der Waals surface area contributed by atoms with Crippen molar-refractivity contribution in [3.05, 3.63) is 29.8 Å². The van der Waals surface area contributed by atoms with E-state index in [4.69, 9.17) is 10.9 Å². The molecule has 5 nitrogen and oxygen atoms in total. The molecular weight excluding hydrogens is 266 g/mol. The van der Waals surface area contributed by atoms with Gasteiger partial charge in [-0.05, 0) is 42.5 Å². The number of amides is 1. The van der Waals surface area contributed by atoms with E-state index in [1.807, 2.05) is 12.1 Å². The summed E-state index contributed by atoms with van der Waals surface area (Å²) < 4.78 is 0. The van der Waals surface area contributed by atoms with Crippen molar-refractivity contribution < 1.29 is 10.0 Å². The molecule has 0 radical (unpaired) electrons. The van der Waals surface area contributed by atoms with Gasteiger partial charge in [-0.15, -0.1) is 0 Å². The number of carbonyl (C=O) groups is 1. The zero-order valence-corrected chi connectivity index (χ0v) is 12.8. The van der Waals surface area contributed by atoms with Crippen LogP contribution in [0.2, 0.25) is 0 Å². The number of benzene rings is 1. The van der Waals surface area contributed by atoms with Gasteiger partial charge in [-0.3, -0.25) is 4.79 Å². The molecule has 3 N–H and O–H groups in total. The molecule has 1 aliphatic rings. The minimum absolute atomic E-state index is 0.0625. The first-order valence-electron chi connectivity index (χ1n) is 7.22. The second kappa shape index (κ2) is 5.76. The van der Waals surface area contributed by atoms with Crippen LogP contribution in [-0.2, 0) is 4.79 Å². The van der Waals surface area contributed by atoms with Crippen LogP contribution in [0.25, 0.3) is 0 Å². The minimum Gasteiger partial charge on any atom is -0.409 e. The monoisotopic (exact) mass is 289 g/mol. The minimum atomic E-state index is 0.0625. The molecule has 1 aliphatic carbocycles. The average molecular weight is 289 g/mol. The highest BCUT2D eigenvalue weighted by Gasteiger charge is 2.40. The Morgan fingerprint density at radius 3 is 2.48 bits per heavy atom. The van der Waals surface area contributed by atoms with Crippen molar-refractivity contribution >= 4 is 17.4 Å². The fraction of sp³-hybridized carbons (Fsp3) is 0.500. The van der Waals surface area contributed by atoms with Gasteiger partial charge >= 0.3 is 0 Å². The fourth-order valence-corrected chi connectivity index (χ4v) is 3.06. The summed E-state index contributed by atoms with van der Waals surface area (Å²) in [7, 11) is 1.80. The van der Waals surface area contributed by atoms with E-state index < -0.39 is 0 Å². The molecule has 0 spiro atoms. The lowest BCUT2D eigenvalue weighted by atomic mass is 9.81. The lowest BCUT2D eigenvalue weighted by molar-refractivity contribution is -0.124. The van der Waals surface area contributed by atoms with Crippen molar-refractivity contribution in [2.75, 3.05) is 11.9 Å². The molecule has 1 aromatic rings. The van der Waals surface area contributed by atoms with Crippen LogP contribution in [-0.4, -0.2) is 24.0 Å². The van der Waals surface area contributed by atoms with Crippen molar-refractivity contribution in [2.45, 2.75) is 33.1 Å². The van der Waals surface area contributed by atoms with Crippen LogP contribution in [0.4, 0.5) is 5.69 Å². The summed E-state index contributed by atoms with van der Waals surface area (Å²) in [4.78, 5) is 14.4. The molecule has 1 fully saturated rings.